The van der Waals surface area contributed by atoms with Gasteiger partial charge in [0.05, 0.1) is 31.3 Å². The number of carbonyl (C=O) groups excluding carboxylic acids is 3. The van der Waals surface area contributed by atoms with Crippen molar-refractivity contribution in [3.8, 4) is 0 Å². The molecule has 0 radical (unpaired) electrons. The minimum absolute atomic E-state index is 0.265. The summed E-state index contributed by atoms with van der Waals surface area (Å²) in [5.41, 5.74) is -0.718. The van der Waals surface area contributed by atoms with E-state index in [4.69, 9.17) is 21.1 Å². The molecular formula is C26H29ClN2O6. The fourth-order valence-corrected chi connectivity index (χ4v) is 5.98. The van der Waals surface area contributed by atoms with Crippen molar-refractivity contribution < 1.29 is 29.0 Å². The van der Waals surface area contributed by atoms with Gasteiger partial charge in [0.2, 0.25) is 5.91 Å². The van der Waals surface area contributed by atoms with Gasteiger partial charge in [-0.2, -0.15) is 0 Å². The fourth-order valence-electron chi connectivity index (χ4n) is 5.85. The zero-order valence-corrected chi connectivity index (χ0v) is 20.3. The van der Waals surface area contributed by atoms with Gasteiger partial charge in [-0.3, -0.25) is 14.4 Å². The Kier molecular flexibility index (Phi) is 6.46. The van der Waals surface area contributed by atoms with Crippen LogP contribution in [0.1, 0.15) is 26.2 Å². The lowest BCUT2D eigenvalue weighted by Gasteiger charge is -2.38. The molecule has 2 saturated heterocycles. The Bertz CT molecular complexity index is 1070. The zero-order valence-electron chi connectivity index (χ0n) is 19.5. The number of allylic oxidation sites excluding steroid dienone is 1. The second kappa shape index (κ2) is 9.41. The highest BCUT2D eigenvalue weighted by molar-refractivity contribution is 6.30. The molecule has 1 unspecified atom stereocenters. The van der Waals surface area contributed by atoms with Crippen molar-refractivity contribution in [2.45, 2.75) is 50.0 Å². The van der Waals surface area contributed by atoms with Gasteiger partial charge in [0.1, 0.15) is 17.6 Å². The van der Waals surface area contributed by atoms with Crippen LogP contribution < -0.4 is 4.90 Å². The standard InChI is InChI=1S/C26H29ClN2O6/c1-2-17(15-30)29-22-24(32)28(18-10-8-16(27)9-11-18)13-6-12-26(22)21(23(29)31)20-19(35-26)7-4-3-5-14-34-25(20)33/h4,6-12,17,19-22,30H,2-3,5,13-15H2,1H3/b7-4-/t17-,19+,20-,21-,22?,26-/m0/s1. The quantitative estimate of drug-likeness (QED) is 0.504. The largest absolute Gasteiger partial charge is 0.465 e. The fraction of sp³-hybridized carbons (Fsp3) is 0.500. The number of anilines is 1. The van der Waals surface area contributed by atoms with Gasteiger partial charge in [-0.05, 0) is 43.5 Å². The minimum Gasteiger partial charge on any atom is -0.465 e. The molecule has 0 aromatic heterocycles. The number of fused-ring (bicyclic) bond motifs is 2. The number of amides is 2. The van der Waals surface area contributed by atoms with Crippen LogP contribution in [0.2, 0.25) is 5.02 Å². The van der Waals surface area contributed by atoms with Gasteiger partial charge in [-0.15, -0.1) is 0 Å². The lowest BCUT2D eigenvalue weighted by atomic mass is 9.78. The van der Waals surface area contributed by atoms with Crippen molar-refractivity contribution in [1.29, 1.82) is 0 Å². The lowest BCUT2D eigenvalue weighted by Crippen LogP contribution is -2.58. The Morgan fingerprint density at radius 1 is 1.17 bits per heavy atom. The molecule has 2 fully saturated rings. The molecule has 4 heterocycles. The molecule has 9 heteroatoms. The van der Waals surface area contributed by atoms with Crippen molar-refractivity contribution >= 4 is 35.1 Å². The lowest BCUT2D eigenvalue weighted by molar-refractivity contribution is -0.155. The average Bonchev–Trinajstić information content (AvgIpc) is 3.26. The van der Waals surface area contributed by atoms with Crippen LogP contribution in [0.15, 0.2) is 48.6 Å². The predicted molar refractivity (Wildman–Crippen MR) is 129 cm³/mol. The number of likely N-dealkylation sites (tertiary alicyclic amines) is 1. The summed E-state index contributed by atoms with van der Waals surface area (Å²) in [4.78, 5) is 44.4. The van der Waals surface area contributed by atoms with Crippen LogP contribution in [0.4, 0.5) is 5.69 Å². The predicted octanol–water partition coefficient (Wildman–Crippen LogP) is 2.49. The number of rotatable bonds is 4. The third kappa shape index (κ3) is 3.79. The second-order valence-electron chi connectivity index (χ2n) is 9.40. The van der Waals surface area contributed by atoms with Gasteiger partial charge in [0.25, 0.3) is 5.91 Å². The molecule has 8 nitrogen and oxygen atoms in total. The van der Waals surface area contributed by atoms with E-state index in [9.17, 15) is 19.5 Å². The smallest absolute Gasteiger partial charge is 0.312 e. The highest BCUT2D eigenvalue weighted by atomic mass is 35.5. The van der Waals surface area contributed by atoms with Gasteiger partial charge in [0.15, 0.2) is 0 Å². The van der Waals surface area contributed by atoms with E-state index in [1.807, 2.05) is 25.2 Å². The molecule has 5 rings (SSSR count). The molecule has 1 spiro atoms. The van der Waals surface area contributed by atoms with Gasteiger partial charge < -0.3 is 24.4 Å². The number of nitrogens with zero attached hydrogens (tertiary/aromatic N) is 2. The number of aliphatic hydroxyl groups is 1. The normalized spacial score (nSPS) is 34.2. The molecule has 6 atom stereocenters. The first-order valence-corrected chi connectivity index (χ1v) is 12.5. The molecular weight excluding hydrogens is 472 g/mol. The molecule has 0 bridgehead atoms. The number of hydrogen-bond acceptors (Lipinski definition) is 6. The van der Waals surface area contributed by atoms with E-state index in [-0.39, 0.29) is 31.6 Å². The maximum atomic E-state index is 14.2. The topological polar surface area (TPSA) is 96.4 Å². The number of benzene rings is 1. The van der Waals surface area contributed by atoms with Crippen LogP contribution in [0.5, 0.6) is 0 Å². The van der Waals surface area contributed by atoms with Crippen molar-refractivity contribution in [3.63, 3.8) is 0 Å². The first-order chi connectivity index (χ1) is 16.9. The van der Waals surface area contributed by atoms with Gasteiger partial charge in [0, 0.05) is 17.3 Å². The molecule has 1 N–H and O–H groups in total. The van der Waals surface area contributed by atoms with Crippen molar-refractivity contribution in [3.05, 3.63) is 53.6 Å². The molecule has 35 heavy (non-hydrogen) atoms. The molecule has 2 amide bonds. The number of hydrogen-bond donors (Lipinski definition) is 1. The second-order valence-corrected chi connectivity index (χ2v) is 9.83. The average molecular weight is 501 g/mol. The Morgan fingerprint density at radius 2 is 1.94 bits per heavy atom. The van der Waals surface area contributed by atoms with E-state index in [1.165, 1.54) is 4.90 Å². The van der Waals surface area contributed by atoms with Crippen molar-refractivity contribution in [1.82, 2.24) is 4.90 Å². The summed E-state index contributed by atoms with van der Waals surface area (Å²) in [5.74, 6) is -3.00. The number of ether oxygens (including phenoxy) is 2. The summed E-state index contributed by atoms with van der Waals surface area (Å²) in [6.07, 6.45) is 8.53. The minimum atomic E-state index is -1.35. The van der Waals surface area contributed by atoms with E-state index < -0.39 is 41.6 Å². The number of carbonyl (C=O) groups is 3. The monoisotopic (exact) mass is 500 g/mol. The van der Waals surface area contributed by atoms with E-state index in [1.54, 1.807) is 35.2 Å². The van der Waals surface area contributed by atoms with Crippen molar-refractivity contribution in [2.75, 3.05) is 24.7 Å². The third-order valence-electron chi connectivity index (χ3n) is 7.50. The van der Waals surface area contributed by atoms with Crippen LogP contribution in [-0.2, 0) is 23.9 Å². The van der Waals surface area contributed by atoms with Crippen LogP contribution in [0.25, 0.3) is 0 Å². The molecule has 0 aliphatic carbocycles. The molecule has 1 aromatic rings. The number of halogens is 1. The Labute approximate surface area is 209 Å². The summed E-state index contributed by atoms with van der Waals surface area (Å²) in [6, 6.07) is 5.28. The zero-order chi connectivity index (χ0) is 24.7. The van der Waals surface area contributed by atoms with Gasteiger partial charge in [-0.1, -0.05) is 42.8 Å². The summed E-state index contributed by atoms with van der Waals surface area (Å²) in [6.45, 7) is 2.07. The summed E-state index contributed by atoms with van der Waals surface area (Å²) in [5, 5.41) is 10.7. The van der Waals surface area contributed by atoms with Crippen molar-refractivity contribution in [2.24, 2.45) is 11.8 Å². The first kappa shape index (κ1) is 24.0. The van der Waals surface area contributed by atoms with E-state index in [2.05, 4.69) is 0 Å². The summed E-state index contributed by atoms with van der Waals surface area (Å²) in [7, 11) is 0. The molecule has 1 aromatic carbocycles. The van der Waals surface area contributed by atoms with Gasteiger partial charge in [-0.25, -0.2) is 0 Å². The van der Waals surface area contributed by atoms with Crippen LogP contribution in [0, 0.1) is 11.8 Å². The summed E-state index contributed by atoms with van der Waals surface area (Å²) < 4.78 is 12.1. The highest BCUT2D eigenvalue weighted by Gasteiger charge is 2.72. The third-order valence-corrected chi connectivity index (χ3v) is 7.75. The Morgan fingerprint density at radius 3 is 2.66 bits per heavy atom. The van der Waals surface area contributed by atoms with Crippen LogP contribution >= 0.6 is 11.6 Å². The van der Waals surface area contributed by atoms with E-state index in [0.717, 1.165) is 6.42 Å². The van der Waals surface area contributed by atoms with E-state index in [0.29, 0.717) is 23.6 Å². The maximum Gasteiger partial charge on any atom is 0.312 e. The SMILES string of the molecule is CC[C@@H](CO)N1C(=O)[C@@H]2[C@H]3C(=O)OCCC/C=C\[C@H]3O[C@@]23C=CCN(c2ccc(Cl)cc2)C(=O)C13. The van der Waals surface area contributed by atoms with Crippen LogP contribution in [-0.4, -0.2) is 71.3 Å². The molecule has 4 aliphatic heterocycles. The maximum absolute atomic E-state index is 14.2. The Balaban J connectivity index is 1.64. The van der Waals surface area contributed by atoms with E-state index >= 15 is 0 Å². The molecule has 0 saturated carbocycles. The van der Waals surface area contributed by atoms with Gasteiger partial charge >= 0.3 is 5.97 Å². The number of esters is 1. The van der Waals surface area contributed by atoms with Crippen LogP contribution in [0.3, 0.4) is 0 Å². The Hall–Kier alpha value is -2.68. The summed E-state index contributed by atoms with van der Waals surface area (Å²) >= 11 is 6.06. The molecule has 4 aliphatic rings. The number of cyclic esters (lactones) is 1. The first-order valence-electron chi connectivity index (χ1n) is 12.1. The number of aliphatic hydroxyl groups excluding tert-OH is 1. The highest BCUT2D eigenvalue weighted by Crippen LogP contribution is 2.54. The molecule has 186 valence electrons.